The number of imidazole rings is 1. The fraction of sp³-hybridized carbons (Fsp3) is 0.308. The minimum atomic E-state index is -0.0797. The van der Waals surface area contributed by atoms with E-state index in [1.807, 2.05) is 42.9 Å². The molecule has 0 bridgehead atoms. The zero-order valence-corrected chi connectivity index (χ0v) is 11.6. The predicted molar refractivity (Wildman–Crippen MR) is 72.9 cm³/mol. The van der Waals surface area contributed by atoms with E-state index in [-0.39, 0.29) is 6.04 Å². The Hall–Kier alpha value is -1.46. The molecule has 0 saturated carbocycles. The second-order valence-electron chi connectivity index (χ2n) is 4.08. The van der Waals surface area contributed by atoms with Gasteiger partial charge in [-0.3, -0.25) is 0 Å². The molecule has 18 heavy (non-hydrogen) atoms. The number of hydrogen-bond acceptors (Lipinski definition) is 4. The average Bonchev–Trinajstić information content (AvgIpc) is 2.74. The lowest BCUT2D eigenvalue weighted by Crippen LogP contribution is -2.08. The molecule has 0 fully saturated rings. The predicted octanol–water partition coefficient (Wildman–Crippen LogP) is 2.60. The number of aryl methyl sites for hydroxylation is 1. The zero-order valence-electron chi connectivity index (χ0n) is 10.8. The molecular weight excluding hydrogens is 246 g/mol. The van der Waals surface area contributed by atoms with Gasteiger partial charge >= 0.3 is 0 Å². The molecule has 1 atom stereocenters. The summed E-state index contributed by atoms with van der Waals surface area (Å²) in [6, 6.07) is 5.86. The van der Waals surface area contributed by atoms with Crippen LogP contribution in [0.15, 0.2) is 40.6 Å². The summed E-state index contributed by atoms with van der Waals surface area (Å²) >= 11 is 1.60. The molecule has 0 aliphatic heterocycles. The number of nitrogens with zero attached hydrogens (tertiary/aromatic N) is 2. The highest BCUT2D eigenvalue weighted by Crippen LogP contribution is 2.36. The average molecular weight is 263 g/mol. The molecule has 1 heterocycles. The molecule has 0 spiro atoms. The van der Waals surface area contributed by atoms with E-state index in [9.17, 15) is 0 Å². The van der Waals surface area contributed by atoms with E-state index >= 15 is 0 Å². The lowest BCUT2D eigenvalue weighted by Gasteiger charge is -2.16. The van der Waals surface area contributed by atoms with Crippen molar-refractivity contribution in [3.8, 4) is 5.75 Å². The van der Waals surface area contributed by atoms with Gasteiger partial charge in [-0.2, -0.15) is 0 Å². The largest absolute Gasteiger partial charge is 0.496 e. The molecule has 2 N–H and O–H groups in total. The van der Waals surface area contributed by atoms with Crippen molar-refractivity contribution in [2.75, 3.05) is 7.11 Å². The van der Waals surface area contributed by atoms with Crippen LogP contribution in [0.1, 0.15) is 18.5 Å². The van der Waals surface area contributed by atoms with Gasteiger partial charge < -0.3 is 15.0 Å². The van der Waals surface area contributed by atoms with Gasteiger partial charge in [-0.05, 0) is 19.1 Å². The molecule has 1 unspecified atom stereocenters. The van der Waals surface area contributed by atoms with Crippen LogP contribution >= 0.6 is 11.8 Å². The van der Waals surface area contributed by atoms with Crippen molar-refractivity contribution in [2.24, 2.45) is 12.8 Å². The second kappa shape index (κ2) is 5.46. The first kappa shape index (κ1) is 13.0. The van der Waals surface area contributed by atoms with Gasteiger partial charge in [-0.25, -0.2) is 4.98 Å². The van der Waals surface area contributed by atoms with Gasteiger partial charge in [0.15, 0.2) is 5.16 Å². The third-order valence-corrected chi connectivity index (χ3v) is 3.83. The Morgan fingerprint density at radius 2 is 2.22 bits per heavy atom. The molecule has 0 aliphatic carbocycles. The highest BCUT2D eigenvalue weighted by molar-refractivity contribution is 7.99. The summed E-state index contributed by atoms with van der Waals surface area (Å²) in [5.74, 6) is 0.823. The molecule has 0 amide bonds. The Bertz CT molecular complexity index is 537. The molecule has 0 radical (unpaired) electrons. The van der Waals surface area contributed by atoms with Gasteiger partial charge in [0, 0.05) is 35.9 Å². The zero-order chi connectivity index (χ0) is 13.1. The first-order chi connectivity index (χ1) is 8.63. The summed E-state index contributed by atoms with van der Waals surface area (Å²) in [4.78, 5) is 5.39. The highest BCUT2D eigenvalue weighted by atomic mass is 32.2. The molecule has 0 saturated heterocycles. The summed E-state index contributed by atoms with van der Waals surface area (Å²) in [7, 11) is 3.64. The van der Waals surface area contributed by atoms with Crippen LogP contribution in [0, 0.1) is 0 Å². The van der Waals surface area contributed by atoms with Crippen LogP contribution in [-0.2, 0) is 7.05 Å². The summed E-state index contributed by atoms with van der Waals surface area (Å²) in [6.07, 6.45) is 3.71. The van der Waals surface area contributed by atoms with Crippen LogP contribution in [0.2, 0.25) is 0 Å². The minimum Gasteiger partial charge on any atom is -0.496 e. The fourth-order valence-corrected chi connectivity index (χ4v) is 2.85. The van der Waals surface area contributed by atoms with Gasteiger partial charge in [0.25, 0.3) is 0 Å². The molecule has 5 heteroatoms. The van der Waals surface area contributed by atoms with Crippen molar-refractivity contribution in [3.63, 3.8) is 0 Å². The maximum absolute atomic E-state index is 6.04. The summed E-state index contributed by atoms with van der Waals surface area (Å²) in [5.41, 5.74) is 7.06. The third kappa shape index (κ3) is 2.52. The van der Waals surface area contributed by atoms with E-state index in [4.69, 9.17) is 10.5 Å². The Morgan fingerprint density at radius 1 is 1.44 bits per heavy atom. The number of aromatic nitrogens is 2. The van der Waals surface area contributed by atoms with Crippen molar-refractivity contribution < 1.29 is 4.74 Å². The van der Waals surface area contributed by atoms with Gasteiger partial charge in [0.2, 0.25) is 0 Å². The topological polar surface area (TPSA) is 53.1 Å². The molecule has 1 aromatic heterocycles. The van der Waals surface area contributed by atoms with E-state index in [1.165, 1.54) is 0 Å². The SMILES string of the molecule is COc1cccc(Sc2nccn2C)c1C(C)N. The first-order valence-corrected chi connectivity index (χ1v) is 6.52. The van der Waals surface area contributed by atoms with Crippen LogP contribution < -0.4 is 10.5 Å². The second-order valence-corrected chi connectivity index (χ2v) is 5.09. The van der Waals surface area contributed by atoms with Crippen LogP contribution in [0.3, 0.4) is 0 Å². The van der Waals surface area contributed by atoms with E-state index in [2.05, 4.69) is 4.98 Å². The lowest BCUT2D eigenvalue weighted by molar-refractivity contribution is 0.405. The maximum Gasteiger partial charge on any atom is 0.172 e. The standard InChI is InChI=1S/C13H17N3OS/c1-9(14)12-10(17-3)5-4-6-11(12)18-13-15-7-8-16(13)2/h4-9H,14H2,1-3H3. The van der Waals surface area contributed by atoms with Gasteiger partial charge in [-0.15, -0.1) is 0 Å². The van der Waals surface area contributed by atoms with Gasteiger partial charge in [0.05, 0.1) is 7.11 Å². The molecular formula is C13H17N3OS. The quantitative estimate of drug-likeness (QED) is 0.921. The maximum atomic E-state index is 6.04. The van der Waals surface area contributed by atoms with E-state index in [0.29, 0.717) is 0 Å². The lowest BCUT2D eigenvalue weighted by atomic mass is 10.1. The van der Waals surface area contributed by atoms with Crippen molar-refractivity contribution in [3.05, 3.63) is 36.2 Å². The molecule has 2 rings (SSSR count). The summed E-state index contributed by atoms with van der Waals surface area (Å²) < 4.78 is 7.36. The normalized spacial score (nSPS) is 12.4. The molecule has 96 valence electrons. The van der Waals surface area contributed by atoms with Crippen molar-refractivity contribution in [1.82, 2.24) is 9.55 Å². The monoisotopic (exact) mass is 263 g/mol. The molecule has 0 aliphatic rings. The summed E-state index contributed by atoms with van der Waals surface area (Å²) in [5, 5.41) is 0.935. The van der Waals surface area contributed by atoms with Crippen molar-refractivity contribution in [2.45, 2.75) is 23.0 Å². The van der Waals surface area contributed by atoms with Crippen molar-refractivity contribution >= 4 is 11.8 Å². The van der Waals surface area contributed by atoms with Crippen LogP contribution in [0.5, 0.6) is 5.75 Å². The Kier molecular flexibility index (Phi) is 3.93. The Balaban J connectivity index is 2.41. The van der Waals surface area contributed by atoms with Crippen LogP contribution in [0.4, 0.5) is 0 Å². The molecule has 4 nitrogen and oxygen atoms in total. The first-order valence-electron chi connectivity index (χ1n) is 5.71. The summed E-state index contributed by atoms with van der Waals surface area (Å²) in [6.45, 7) is 1.96. The van der Waals surface area contributed by atoms with E-state index in [1.54, 1.807) is 25.1 Å². The Labute approximate surface area is 111 Å². The fourth-order valence-electron chi connectivity index (χ4n) is 1.79. The van der Waals surface area contributed by atoms with E-state index < -0.39 is 0 Å². The smallest absolute Gasteiger partial charge is 0.172 e. The van der Waals surface area contributed by atoms with E-state index in [0.717, 1.165) is 21.4 Å². The number of nitrogens with two attached hydrogens (primary N) is 1. The number of rotatable bonds is 4. The van der Waals surface area contributed by atoms with Crippen LogP contribution in [-0.4, -0.2) is 16.7 Å². The van der Waals surface area contributed by atoms with Crippen molar-refractivity contribution in [1.29, 1.82) is 0 Å². The highest BCUT2D eigenvalue weighted by Gasteiger charge is 2.15. The van der Waals surface area contributed by atoms with Gasteiger partial charge in [0.1, 0.15) is 5.75 Å². The minimum absolute atomic E-state index is 0.0797. The Morgan fingerprint density at radius 3 is 2.78 bits per heavy atom. The van der Waals surface area contributed by atoms with Gasteiger partial charge in [-0.1, -0.05) is 17.8 Å². The number of benzene rings is 1. The molecule has 2 aromatic rings. The number of methoxy groups -OCH3 is 1. The number of ether oxygens (including phenoxy) is 1. The van der Waals surface area contributed by atoms with Crippen LogP contribution in [0.25, 0.3) is 0 Å². The number of hydrogen-bond donors (Lipinski definition) is 1. The molecule has 1 aromatic carbocycles. The third-order valence-electron chi connectivity index (χ3n) is 2.68.